The third kappa shape index (κ3) is 3.42. The van der Waals surface area contributed by atoms with Gasteiger partial charge in [-0.05, 0) is 30.5 Å². The van der Waals surface area contributed by atoms with Gasteiger partial charge in [-0.2, -0.15) is 0 Å². The first-order chi connectivity index (χ1) is 13.0. The Bertz CT molecular complexity index is 770. The number of halogens is 1. The summed E-state index contributed by atoms with van der Waals surface area (Å²) >= 11 is 0. The summed E-state index contributed by atoms with van der Waals surface area (Å²) in [4.78, 5) is 28.1. The maximum Gasteiger partial charge on any atom is 0.236 e. The largest absolute Gasteiger partial charge is 0.342 e. The second kappa shape index (κ2) is 7.34. The van der Waals surface area contributed by atoms with Gasteiger partial charge in [0.05, 0.1) is 10.8 Å². The highest BCUT2D eigenvalue weighted by Crippen LogP contribution is 2.39. The van der Waals surface area contributed by atoms with Gasteiger partial charge in [0.15, 0.2) is 0 Å². The first-order valence-electron chi connectivity index (χ1n) is 9.72. The molecule has 0 N–H and O–H groups in total. The van der Waals surface area contributed by atoms with E-state index in [2.05, 4.69) is 0 Å². The van der Waals surface area contributed by atoms with Gasteiger partial charge >= 0.3 is 0 Å². The molecule has 2 amide bonds. The van der Waals surface area contributed by atoms with Crippen LogP contribution < -0.4 is 0 Å². The summed E-state index contributed by atoms with van der Waals surface area (Å²) in [7, 11) is -1.29. The van der Waals surface area contributed by atoms with Crippen molar-refractivity contribution in [2.75, 3.05) is 18.8 Å². The molecule has 5 nitrogen and oxygen atoms in total. The third-order valence-electron chi connectivity index (χ3n) is 6.26. The van der Waals surface area contributed by atoms with Crippen LogP contribution >= 0.6 is 0 Å². The minimum absolute atomic E-state index is 0.0197. The van der Waals surface area contributed by atoms with E-state index in [1.165, 1.54) is 12.1 Å². The zero-order chi connectivity index (χ0) is 19.0. The Kier molecular flexibility index (Phi) is 5.05. The molecule has 1 aromatic rings. The van der Waals surface area contributed by atoms with Gasteiger partial charge in [0.2, 0.25) is 11.8 Å². The Balaban J connectivity index is 1.49. The molecule has 2 heterocycles. The van der Waals surface area contributed by atoms with Crippen LogP contribution in [0.5, 0.6) is 0 Å². The van der Waals surface area contributed by atoms with Crippen LogP contribution in [-0.4, -0.2) is 49.5 Å². The average molecular weight is 392 g/mol. The van der Waals surface area contributed by atoms with Crippen molar-refractivity contribution in [3.05, 3.63) is 35.6 Å². The summed E-state index contributed by atoms with van der Waals surface area (Å²) in [6.07, 6.45) is 5.23. The number of amides is 2. The van der Waals surface area contributed by atoms with Crippen LogP contribution in [0.4, 0.5) is 4.39 Å². The van der Waals surface area contributed by atoms with E-state index in [1.54, 1.807) is 17.0 Å². The summed E-state index contributed by atoms with van der Waals surface area (Å²) < 4.78 is 26.4. The van der Waals surface area contributed by atoms with E-state index in [4.69, 9.17) is 0 Å². The molecule has 2 saturated heterocycles. The van der Waals surface area contributed by atoms with E-state index >= 15 is 0 Å². The van der Waals surface area contributed by atoms with Crippen LogP contribution in [0.3, 0.4) is 0 Å². The number of nitrogens with zero attached hydrogens (tertiary/aromatic N) is 2. The van der Waals surface area contributed by atoms with Crippen molar-refractivity contribution in [2.24, 2.45) is 5.92 Å². The van der Waals surface area contributed by atoms with E-state index in [1.807, 2.05) is 4.90 Å². The van der Waals surface area contributed by atoms with Gasteiger partial charge < -0.3 is 9.80 Å². The lowest BCUT2D eigenvalue weighted by Crippen LogP contribution is -2.55. The quantitative estimate of drug-likeness (QED) is 0.794. The van der Waals surface area contributed by atoms with E-state index < -0.39 is 15.7 Å². The fourth-order valence-electron chi connectivity index (χ4n) is 4.73. The van der Waals surface area contributed by atoms with Gasteiger partial charge in [0, 0.05) is 38.4 Å². The Labute approximate surface area is 161 Å². The molecule has 1 spiro atoms. The van der Waals surface area contributed by atoms with Crippen molar-refractivity contribution >= 4 is 22.6 Å². The SMILES string of the molecule is O=C(C1CCCC1)N1CCC2(CC1)N(Cc1cccc(F)c1)C(=O)CS2=O. The van der Waals surface area contributed by atoms with Crippen LogP contribution in [0.15, 0.2) is 24.3 Å². The normalized spacial score (nSPS) is 25.5. The van der Waals surface area contributed by atoms with Crippen LogP contribution in [0, 0.1) is 11.7 Å². The molecule has 0 radical (unpaired) electrons. The molecule has 1 atom stereocenters. The molecule has 1 saturated carbocycles. The molecule has 3 aliphatic rings. The number of carbonyl (C=O) groups excluding carboxylic acids is 2. The van der Waals surface area contributed by atoms with Crippen LogP contribution in [0.25, 0.3) is 0 Å². The predicted octanol–water partition coefficient (Wildman–Crippen LogP) is 2.43. The minimum atomic E-state index is -1.29. The Morgan fingerprint density at radius 1 is 1.22 bits per heavy atom. The predicted molar refractivity (Wildman–Crippen MR) is 100 cm³/mol. The van der Waals surface area contributed by atoms with Gasteiger partial charge in [-0.15, -0.1) is 0 Å². The fraction of sp³-hybridized carbons (Fsp3) is 0.600. The van der Waals surface area contributed by atoms with Gasteiger partial charge in [-0.25, -0.2) is 4.39 Å². The van der Waals surface area contributed by atoms with E-state index in [0.29, 0.717) is 31.5 Å². The van der Waals surface area contributed by atoms with E-state index in [-0.39, 0.29) is 35.8 Å². The molecule has 7 heteroatoms. The van der Waals surface area contributed by atoms with Gasteiger partial charge in [-0.3, -0.25) is 13.8 Å². The fourth-order valence-corrected chi connectivity index (χ4v) is 6.43. The molecule has 1 aromatic carbocycles. The number of rotatable bonds is 3. The monoisotopic (exact) mass is 392 g/mol. The molecular weight excluding hydrogens is 367 g/mol. The van der Waals surface area contributed by atoms with Crippen molar-refractivity contribution in [1.82, 2.24) is 9.80 Å². The van der Waals surface area contributed by atoms with Crippen molar-refractivity contribution in [3.63, 3.8) is 0 Å². The number of carbonyl (C=O) groups is 2. The van der Waals surface area contributed by atoms with Crippen molar-refractivity contribution in [3.8, 4) is 0 Å². The minimum Gasteiger partial charge on any atom is -0.342 e. The van der Waals surface area contributed by atoms with Gasteiger partial charge in [-0.1, -0.05) is 25.0 Å². The van der Waals surface area contributed by atoms with Crippen LogP contribution in [-0.2, 0) is 26.9 Å². The van der Waals surface area contributed by atoms with E-state index in [0.717, 1.165) is 25.7 Å². The molecule has 146 valence electrons. The maximum absolute atomic E-state index is 13.5. The third-order valence-corrected chi connectivity index (χ3v) is 8.25. The number of benzene rings is 1. The molecule has 0 bridgehead atoms. The standard InChI is InChI=1S/C20H25FN2O3S/c21-17-7-3-4-15(12-17)13-23-18(24)14-27(26)20(23)8-10-22(11-9-20)19(25)16-5-1-2-6-16/h3-4,7,12,16H,1-2,5-6,8-11,13-14H2. The average Bonchev–Trinajstić information content (AvgIpc) is 3.26. The number of piperidine rings is 1. The van der Waals surface area contributed by atoms with Gasteiger partial charge in [0.1, 0.15) is 16.4 Å². The van der Waals surface area contributed by atoms with Crippen molar-refractivity contribution in [2.45, 2.75) is 49.9 Å². The summed E-state index contributed by atoms with van der Waals surface area (Å²) in [5, 5.41) is 0. The highest BCUT2D eigenvalue weighted by Gasteiger charge is 2.53. The zero-order valence-electron chi connectivity index (χ0n) is 15.4. The summed E-state index contributed by atoms with van der Waals surface area (Å²) in [6, 6.07) is 6.19. The molecule has 3 fully saturated rings. The smallest absolute Gasteiger partial charge is 0.236 e. The summed E-state index contributed by atoms with van der Waals surface area (Å²) in [5.41, 5.74) is 0.700. The summed E-state index contributed by atoms with van der Waals surface area (Å²) in [6.45, 7) is 1.33. The molecule has 4 rings (SSSR count). The first kappa shape index (κ1) is 18.6. The highest BCUT2D eigenvalue weighted by atomic mass is 32.2. The van der Waals surface area contributed by atoms with Gasteiger partial charge in [0.25, 0.3) is 0 Å². The van der Waals surface area contributed by atoms with Crippen molar-refractivity contribution < 1.29 is 18.2 Å². The zero-order valence-corrected chi connectivity index (χ0v) is 16.2. The van der Waals surface area contributed by atoms with E-state index in [9.17, 15) is 18.2 Å². The number of likely N-dealkylation sites (tertiary alicyclic amines) is 1. The highest BCUT2D eigenvalue weighted by molar-refractivity contribution is 7.87. The second-order valence-corrected chi connectivity index (χ2v) is 9.59. The van der Waals surface area contributed by atoms with Crippen molar-refractivity contribution in [1.29, 1.82) is 0 Å². The Morgan fingerprint density at radius 3 is 2.59 bits per heavy atom. The lowest BCUT2D eigenvalue weighted by Gasteiger charge is -2.44. The Morgan fingerprint density at radius 2 is 1.93 bits per heavy atom. The molecule has 27 heavy (non-hydrogen) atoms. The molecule has 0 aromatic heterocycles. The molecule has 1 aliphatic carbocycles. The maximum atomic E-state index is 13.5. The first-order valence-corrected chi connectivity index (χ1v) is 11.0. The van der Waals surface area contributed by atoms with Crippen LogP contribution in [0.1, 0.15) is 44.1 Å². The second-order valence-electron chi connectivity index (χ2n) is 7.85. The number of hydrogen-bond acceptors (Lipinski definition) is 3. The summed E-state index contributed by atoms with van der Waals surface area (Å²) in [5.74, 6) is -0.113. The molecule has 1 unspecified atom stereocenters. The Hall–Kier alpha value is -1.76. The molecular formula is C20H25FN2O3S. The lowest BCUT2D eigenvalue weighted by atomic mass is 9.98. The number of hydrogen-bond donors (Lipinski definition) is 0. The molecule has 2 aliphatic heterocycles. The van der Waals surface area contributed by atoms with Crippen LogP contribution in [0.2, 0.25) is 0 Å². The topological polar surface area (TPSA) is 57.7 Å². The lowest BCUT2D eigenvalue weighted by molar-refractivity contribution is -0.138.